The van der Waals surface area contributed by atoms with Crippen LogP contribution in [0.3, 0.4) is 0 Å². The normalized spacial score (nSPS) is 19.9. The van der Waals surface area contributed by atoms with Crippen LogP contribution in [0.2, 0.25) is 0 Å². The molecule has 1 saturated heterocycles. The van der Waals surface area contributed by atoms with Crippen LogP contribution in [-0.4, -0.2) is 52.6 Å². The molecule has 102 valence electrons. The molecule has 1 heterocycles. The van der Waals surface area contributed by atoms with Crippen LogP contribution < -0.4 is 10.6 Å². The van der Waals surface area contributed by atoms with E-state index in [0.29, 0.717) is 13.1 Å². The summed E-state index contributed by atoms with van der Waals surface area (Å²) in [5.74, 6) is -1.19. The summed E-state index contributed by atoms with van der Waals surface area (Å²) in [4.78, 5) is 35.6. The quantitative estimate of drug-likeness (QED) is 0.650. The van der Waals surface area contributed by atoms with Gasteiger partial charge >= 0.3 is 12.0 Å². The minimum atomic E-state index is -0.974. The first kappa shape index (κ1) is 14.3. The molecule has 1 aliphatic rings. The number of nitrogens with zero attached hydrogens (tertiary/aromatic N) is 1. The summed E-state index contributed by atoms with van der Waals surface area (Å²) in [5.41, 5.74) is -0.925. The molecule has 18 heavy (non-hydrogen) atoms. The first-order valence-electron chi connectivity index (χ1n) is 5.83. The Labute approximate surface area is 106 Å². The maximum absolute atomic E-state index is 12.0. The monoisotopic (exact) mass is 257 g/mol. The summed E-state index contributed by atoms with van der Waals surface area (Å²) < 4.78 is 0. The van der Waals surface area contributed by atoms with E-state index in [9.17, 15) is 14.4 Å². The highest BCUT2D eigenvalue weighted by atomic mass is 16.4. The lowest BCUT2D eigenvalue weighted by Gasteiger charge is -2.41. The third kappa shape index (κ3) is 3.12. The molecule has 7 heteroatoms. The zero-order valence-electron chi connectivity index (χ0n) is 10.8. The van der Waals surface area contributed by atoms with E-state index in [4.69, 9.17) is 5.11 Å². The number of piperazine rings is 1. The van der Waals surface area contributed by atoms with Gasteiger partial charge in [-0.3, -0.25) is 9.59 Å². The van der Waals surface area contributed by atoms with Gasteiger partial charge in [0.25, 0.3) is 0 Å². The Morgan fingerprint density at radius 3 is 2.72 bits per heavy atom. The van der Waals surface area contributed by atoms with Gasteiger partial charge in [0.2, 0.25) is 5.91 Å². The molecule has 3 amide bonds. The third-order valence-corrected chi connectivity index (χ3v) is 2.95. The standard InChI is InChI=1S/C11H19N3O4/c1-7(6-8(15)16)13-10(18)14-5-4-12-9(17)11(14,2)3/h7H,4-6H2,1-3H3,(H,12,17)(H,13,18)(H,15,16). The van der Waals surface area contributed by atoms with Gasteiger partial charge in [0.15, 0.2) is 0 Å². The SMILES string of the molecule is CC(CC(=O)O)NC(=O)N1CCNC(=O)C1(C)C. The van der Waals surface area contributed by atoms with E-state index in [1.54, 1.807) is 20.8 Å². The number of carboxylic acid groups (broad SMARTS) is 1. The van der Waals surface area contributed by atoms with Crippen LogP contribution >= 0.6 is 0 Å². The van der Waals surface area contributed by atoms with Gasteiger partial charge in [-0.05, 0) is 20.8 Å². The van der Waals surface area contributed by atoms with E-state index in [-0.39, 0.29) is 12.3 Å². The minimum Gasteiger partial charge on any atom is -0.481 e. The number of urea groups is 1. The lowest BCUT2D eigenvalue weighted by Crippen LogP contribution is -2.65. The Bertz CT molecular complexity index is 367. The van der Waals surface area contributed by atoms with Crippen LogP contribution in [-0.2, 0) is 9.59 Å². The van der Waals surface area contributed by atoms with Gasteiger partial charge in [-0.15, -0.1) is 0 Å². The van der Waals surface area contributed by atoms with Crippen LogP contribution in [0.4, 0.5) is 4.79 Å². The second-order valence-electron chi connectivity index (χ2n) is 4.91. The van der Waals surface area contributed by atoms with Gasteiger partial charge in [-0.1, -0.05) is 0 Å². The van der Waals surface area contributed by atoms with Crippen molar-refractivity contribution in [3.8, 4) is 0 Å². The lowest BCUT2D eigenvalue weighted by molar-refractivity contribution is -0.137. The van der Waals surface area contributed by atoms with Gasteiger partial charge in [-0.2, -0.15) is 0 Å². The van der Waals surface area contributed by atoms with Gasteiger partial charge in [-0.25, -0.2) is 4.79 Å². The molecule has 7 nitrogen and oxygen atoms in total. The molecular formula is C11H19N3O4. The molecule has 0 spiro atoms. The number of carboxylic acids is 1. The highest BCUT2D eigenvalue weighted by Crippen LogP contribution is 2.17. The first-order valence-corrected chi connectivity index (χ1v) is 5.83. The summed E-state index contributed by atoms with van der Waals surface area (Å²) >= 11 is 0. The molecular weight excluding hydrogens is 238 g/mol. The Kier molecular flexibility index (Phi) is 4.15. The number of carbonyl (C=O) groups excluding carboxylic acids is 2. The predicted octanol–water partition coefficient (Wildman–Crippen LogP) is -0.230. The largest absolute Gasteiger partial charge is 0.481 e. The molecule has 0 bridgehead atoms. The minimum absolute atomic E-state index is 0.147. The Hall–Kier alpha value is -1.79. The van der Waals surface area contributed by atoms with Gasteiger partial charge in [0.1, 0.15) is 5.54 Å². The number of carbonyl (C=O) groups is 3. The Morgan fingerprint density at radius 2 is 2.17 bits per heavy atom. The zero-order chi connectivity index (χ0) is 13.9. The molecule has 0 aliphatic carbocycles. The summed E-state index contributed by atoms with van der Waals surface area (Å²) in [6.45, 7) is 5.74. The molecule has 1 unspecified atom stereocenters. The maximum atomic E-state index is 12.0. The van der Waals surface area contributed by atoms with Crippen LogP contribution in [0.1, 0.15) is 27.2 Å². The maximum Gasteiger partial charge on any atom is 0.318 e. The van der Waals surface area contributed by atoms with E-state index in [2.05, 4.69) is 10.6 Å². The number of hydrogen-bond donors (Lipinski definition) is 3. The molecule has 0 saturated carbocycles. The topological polar surface area (TPSA) is 98.7 Å². The third-order valence-electron chi connectivity index (χ3n) is 2.95. The average Bonchev–Trinajstić information content (AvgIpc) is 2.20. The fourth-order valence-electron chi connectivity index (χ4n) is 1.86. The average molecular weight is 257 g/mol. The molecule has 0 aromatic rings. The van der Waals surface area contributed by atoms with E-state index < -0.39 is 23.6 Å². The Balaban J connectivity index is 2.65. The number of aliphatic carboxylic acids is 1. The molecule has 1 fully saturated rings. The van der Waals surface area contributed by atoms with E-state index in [1.165, 1.54) is 4.90 Å². The summed E-state index contributed by atoms with van der Waals surface area (Å²) in [5, 5.41) is 13.9. The summed E-state index contributed by atoms with van der Waals surface area (Å²) in [6, 6.07) is -0.889. The molecule has 1 aliphatic heterocycles. The number of amides is 3. The molecule has 1 rings (SSSR count). The molecule has 0 radical (unpaired) electrons. The number of rotatable bonds is 3. The van der Waals surface area contributed by atoms with Crippen molar-refractivity contribution in [1.82, 2.24) is 15.5 Å². The van der Waals surface area contributed by atoms with E-state index in [1.807, 2.05) is 0 Å². The lowest BCUT2D eigenvalue weighted by atomic mass is 9.99. The van der Waals surface area contributed by atoms with Crippen molar-refractivity contribution >= 4 is 17.9 Å². The van der Waals surface area contributed by atoms with Crippen molar-refractivity contribution in [3.63, 3.8) is 0 Å². The highest BCUT2D eigenvalue weighted by Gasteiger charge is 2.40. The van der Waals surface area contributed by atoms with Gasteiger partial charge in [0, 0.05) is 19.1 Å². The fourth-order valence-corrected chi connectivity index (χ4v) is 1.86. The van der Waals surface area contributed by atoms with E-state index in [0.717, 1.165) is 0 Å². The van der Waals surface area contributed by atoms with Crippen molar-refractivity contribution in [2.75, 3.05) is 13.1 Å². The highest BCUT2D eigenvalue weighted by molar-refractivity contribution is 5.91. The summed E-state index contributed by atoms with van der Waals surface area (Å²) in [7, 11) is 0. The van der Waals surface area contributed by atoms with Crippen molar-refractivity contribution in [2.45, 2.75) is 38.8 Å². The van der Waals surface area contributed by atoms with Crippen molar-refractivity contribution in [2.24, 2.45) is 0 Å². The molecule has 1 atom stereocenters. The van der Waals surface area contributed by atoms with E-state index >= 15 is 0 Å². The zero-order valence-corrected chi connectivity index (χ0v) is 10.8. The molecule has 0 aromatic heterocycles. The van der Waals surface area contributed by atoms with Gasteiger partial charge < -0.3 is 20.6 Å². The molecule has 3 N–H and O–H groups in total. The van der Waals surface area contributed by atoms with Crippen LogP contribution in [0.5, 0.6) is 0 Å². The number of hydrogen-bond acceptors (Lipinski definition) is 3. The molecule has 0 aromatic carbocycles. The van der Waals surface area contributed by atoms with Crippen LogP contribution in [0.15, 0.2) is 0 Å². The van der Waals surface area contributed by atoms with Crippen LogP contribution in [0, 0.1) is 0 Å². The second kappa shape index (κ2) is 5.24. The van der Waals surface area contributed by atoms with Crippen LogP contribution in [0.25, 0.3) is 0 Å². The Morgan fingerprint density at radius 1 is 1.56 bits per heavy atom. The van der Waals surface area contributed by atoms with Gasteiger partial charge in [0.05, 0.1) is 6.42 Å². The summed E-state index contributed by atoms with van der Waals surface area (Å²) in [6.07, 6.45) is -0.147. The number of nitrogens with one attached hydrogen (secondary N) is 2. The van der Waals surface area contributed by atoms with Crippen molar-refractivity contribution in [1.29, 1.82) is 0 Å². The smallest absolute Gasteiger partial charge is 0.318 e. The fraction of sp³-hybridized carbons (Fsp3) is 0.727. The first-order chi connectivity index (χ1) is 8.25. The van der Waals surface area contributed by atoms with Crippen molar-refractivity contribution in [3.05, 3.63) is 0 Å². The second-order valence-corrected chi connectivity index (χ2v) is 4.91. The van der Waals surface area contributed by atoms with Crippen molar-refractivity contribution < 1.29 is 19.5 Å². The predicted molar refractivity (Wildman–Crippen MR) is 64.0 cm³/mol.